The summed E-state index contributed by atoms with van der Waals surface area (Å²) in [5.41, 5.74) is 2.26. The summed E-state index contributed by atoms with van der Waals surface area (Å²) in [4.78, 5) is 12.3. The Balaban J connectivity index is 1.83. The molecule has 0 bridgehead atoms. The summed E-state index contributed by atoms with van der Waals surface area (Å²) in [5.74, 6) is 0.997. The van der Waals surface area contributed by atoms with E-state index in [1.807, 2.05) is 18.2 Å². The standard InChI is InChI=1S/C17H18ClN3S2/c1-21(2)9-6-10-22-17-19-15(18)14-13(11-23-16(14)20-17)12-7-4-3-5-8-12/h3-5,7-8,11H,6,9-10H2,1-2H3. The van der Waals surface area contributed by atoms with Crippen molar-refractivity contribution in [3.63, 3.8) is 0 Å². The van der Waals surface area contributed by atoms with E-state index < -0.39 is 0 Å². The molecule has 0 amide bonds. The smallest absolute Gasteiger partial charge is 0.190 e. The van der Waals surface area contributed by atoms with Crippen molar-refractivity contribution in [2.75, 3.05) is 26.4 Å². The Morgan fingerprint density at radius 3 is 2.70 bits per heavy atom. The second-order valence-electron chi connectivity index (χ2n) is 5.50. The van der Waals surface area contributed by atoms with Crippen LogP contribution in [0.25, 0.3) is 21.3 Å². The Morgan fingerprint density at radius 2 is 1.96 bits per heavy atom. The third kappa shape index (κ3) is 4.04. The molecule has 2 aromatic heterocycles. The van der Waals surface area contributed by atoms with Crippen LogP contribution in [0.5, 0.6) is 0 Å². The van der Waals surface area contributed by atoms with Gasteiger partial charge in [-0.2, -0.15) is 0 Å². The minimum Gasteiger partial charge on any atom is -0.309 e. The van der Waals surface area contributed by atoms with Crippen LogP contribution < -0.4 is 0 Å². The number of thiophene rings is 1. The predicted molar refractivity (Wildman–Crippen MR) is 102 cm³/mol. The zero-order valence-corrected chi connectivity index (χ0v) is 15.5. The van der Waals surface area contributed by atoms with Crippen LogP contribution >= 0.6 is 34.7 Å². The third-order valence-electron chi connectivity index (χ3n) is 3.43. The number of fused-ring (bicyclic) bond motifs is 1. The van der Waals surface area contributed by atoms with E-state index in [-0.39, 0.29) is 0 Å². The topological polar surface area (TPSA) is 29.0 Å². The van der Waals surface area contributed by atoms with Gasteiger partial charge in [0.05, 0.1) is 5.39 Å². The molecule has 3 rings (SSSR count). The monoisotopic (exact) mass is 363 g/mol. The fourth-order valence-electron chi connectivity index (χ4n) is 2.32. The summed E-state index contributed by atoms with van der Waals surface area (Å²) in [7, 11) is 4.17. The first-order valence-electron chi connectivity index (χ1n) is 7.43. The molecule has 0 spiro atoms. The van der Waals surface area contributed by atoms with Gasteiger partial charge in [0.15, 0.2) is 5.16 Å². The predicted octanol–water partition coefficient (Wildman–Crippen LogP) is 5.06. The molecule has 0 aliphatic rings. The third-order valence-corrected chi connectivity index (χ3v) is 5.51. The summed E-state index contributed by atoms with van der Waals surface area (Å²) in [6.45, 7) is 1.07. The summed E-state index contributed by atoms with van der Waals surface area (Å²) >= 11 is 9.75. The Labute approximate surface area is 149 Å². The molecule has 1 aromatic carbocycles. The van der Waals surface area contributed by atoms with E-state index in [0.29, 0.717) is 5.15 Å². The van der Waals surface area contributed by atoms with Crippen LogP contribution in [0.3, 0.4) is 0 Å². The number of nitrogens with zero attached hydrogens (tertiary/aromatic N) is 3. The van der Waals surface area contributed by atoms with E-state index in [0.717, 1.165) is 45.2 Å². The number of hydrogen-bond donors (Lipinski definition) is 0. The van der Waals surface area contributed by atoms with Gasteiger partial charge >= 0.3 is 0 Å². The fourth-order valence-corrected chi connectivity index (χ4v) is 4.47. The fraction of sp³-hybridized carbons (Fsp3) is 0.294. The molecule has 6 heteroatoms. The molecule has 120 valence electrons. The maximum atomic E-state index is 6.46. The lowest BCUT2D eigenvalue weighted by Gasteiger charge is -2.08. The highest BCUT2D eigenvalue weighted by Crippen LogP contribution is 2.37. The average molecular weight is 364 g/mol. The molecule has 3 nitrogen and oxygen atoms in total. The number of halogens is 1. The molecule has 0 saturated carbocycles. The normalized spacial score (nSPS) is 11.5. The van der Waals surface area contributed by atoms with Gasteiger partial charge in [-0.3, -0.25) is 0 Å². The number of benzene rings is 1. The first-order chi connectivity index (χ1) is 11.1. The quantitative estimate of drug-likeness (QED) is 0.265. The highest BCUT2D eigenvalue weighted by molar-refractivity contribution is 7.99. The van der Waals surface area contributed by atoms with E-state index in [1.165, 1.54) is 0 Å². The Kier molecular flexibility index (Phi) is 5.54. The Bertz CT molecular complexity index is 787. The molecule has 3 aromatic rings. The first kappa shape index (κ1) is 16.7. The van der Waals surface area contributed by atoms with E-state index in [4.69, 9.17) is 11.6 Å². The zero-order chi connectivity index (χ0) is 16.2. The molecule has 0 aliphatic heterocycles. The minimum absolute atomic E-state index is 0.546. The molecule has 2 heterocycles. The van der Waals surface area contributed by atoms with Crippen molar-refractivity contribution in [1.82, 2.24) is 14.9 Å². The van der Waals surface area contributed by atoms with Crippen LogP contribution in [0, 0.1) is 0 Å². The molecule has 0 saturated heterocycles. The van der Waals surface area contributed by atoms with Gasteiger partial charge in [0.1, 0.15) is 9.98 Å². The molecular weight excluding hydrogens is 346 g/mol. The summed E-state index contributed by atoms with van der Waals surface area (Å²) in [6.07, 6.45) is 1.11. The van der Waals surface area contributed by atoms with Crippen molar-refractivity contribution in [2.24, 2.45) is 0 Å². The molecule has 23 heavy (non-hydrogen) atoms. The van der Waals surface area contributed by atoms with Crippen LogP contribution in [0.15, 0.2) is 40.9 Å². The van der Waals surface area contributed by atoms with Crippen molar-refractivity contribution in [2.45, 2.75) is 11.6 Å². The molecule has 0 atom stereocenters. The highest BCUT2D eigenvalue weighted by atomic mass is 35.5. The van der Waals surface area contributed by atoms with Crippen LogP contribution in [0.4, 0.5) is 0 Å². The van der Waals surface area contributed by atoms with Crippen LogP contribution in [0.2, 0.25) is 5.15 Å². The lowest BCUT2D eigenvalue weighted by molar-refractivity contribution is 0.410. The van der Waals surface area contributed by atoms with Gasteiger partial charge in [0, 0.05) is 16.7 Å². The largest absolute Gasteiger partial charge is 0.309 e. The summed E-state index contributed by atoms with van der Waals surface area (Å²) in [5, 5.41) is 4.38. The minimum atomic E-state index is 0.546. The van der Waals surface area contributed by atoms with Crippen molar-refractivity contribution >= 4 is 44.9 Å². The van der Waals surface area contributed by atoms with Gasteiger partial charge in [0.2, 0.25) is 0 Å². The van der Waals surface area contributed by atoms with Crippen LogP contribution in [-0.4, -0.2) is 41.3 Å². The molecule has 0 fully saturated rings. The SMILES string of the molecule is CN(C)CCCSc1nc(Cl)c2c(-c3ccccc3)csc2n1. The second-order valence-corrected chi connectivity index (χ2v) is 7.78. The zero-order valence-electron chi connectivity index (χ0n) is 13.1. The van der Waals surface area contributed by atoms with Gasteiger partial charge in [-0.05, 0) is 32.6 Å². The first-order valence-corrected chi connectivity index (χ1v) is 9.67. The number of aromatic nitrogens is 2. The molecule has 0 unspecified atom stereocenters. The van der Waals surface area contributed by atoms with Crippen molar-refractivity contribution in [3.8, 4) is 11.1 Å². The summed E-state index contributed by atoms with van der Waals surface area (Å²) < 4.78 is 0. The maximum absolute atomic E-state index is 6.46. The average Bonchev–Trinajstić information content (AvgIpc) is 2.97. The lowest BCUT2D eigenvalue weighted by atomic mass is 10.1. The molecule has 0 N–H and O–H groups in total. The molecule has 0 aliphatic carbocycles. The van der Waals surface area contributed by atoms with Crippen molar-refractivity contribution < 1.29 is 0 Å². The van der Waals surface area contributed by atoms with E-state index >= 15 is 0 Å². The van der Waals surface area contributed by atoms with Crippen LogP contribution in [-0.2, 0) is 0 Å². The Morgan fingerprint density at radius 1 is 1.17 bits per heavy atom. The van der Waals surface area contributed by atoms with Gasteiger partial charge in [0.25, 0.3) is 0 Å². The lowest BCUT2D eigenvalue weighted by Crippen LogP contribution is -2.13. The Hall–Kier alpha value is -1.14. The number of thioether (sulfide) groups is 1. The van der Waals surface area contributed by atoms with Crippen molar-refractivity contribution in [1.29, 1.82) is 0 Å². The summed E-state index contributed by atoms with van der Waals surface area (Å²) in [6, 6.07) is 10.2. The van der Waals surface area contributed by atoms with E-state index in [1.54, 1.807) is 23.1 Å². The molecule has 0 radical (unpaired) electrons. The molecular formula is C17H18ClN3S2. The number of rotatable bonds is 6. The van der Waals surface area contributed by atoms with Crippen molar-refractivity contribution in [3.05, 3.63) is 40.9 Å². The number of hydrogen-bond acceptors (Lipinski definition) is 5. The van der Waals surface area contributed by atoms with Crippen LogP contribution in [0.1, 0.15) is 6.42 Å². The van der Waals surface area contributed by atoms with E-state index in [2.05, 4.69) is 46.5 Å². The highest BCUT2D eigenvalue weighted by Gasteiger charge is 2.14. The second kappa shape index (κ2) is 7.62. The van der Waals surface area contributed by atoms with Gasteiger partial charge in [-0.15, -0.1) is 11.3 Å². The van der Waals surface area contributed by atoms with Gasteiger partial charge in [-0.25, -0.2) is 9.97 Å². The van der Waals surface area contributed by atoms with Gasteiger partial charge < -0.3 is 4.90 Å². The van der Waals surface area contributed by atoms with Gasteiger partial charge in [-0.1, -0.05) is 53.7 Å². The maximum Gasteiger partial charge on any atom is 0.190 e. The van der Waals surface area contributed by atoms with E-state index in [9.17, 15) is 0 Å².